The predicted molar refractivity (Wildman–Crippen MR) is 94.9 cm³/mol. The predicted octanol–water partition coefficient (Wildman–Crippen LogP) is 3.55. The minimum atomic E-state index is 0.163. The molecule has 3 rings (SSSR count). The summed E-state index contributed by atoms with van der Waals surface area (Å²) in [5.74, 6) is 1.96. The summed E-state index contributed by atoms with van der Waals surface area (Å²) < 4.78 is 11.1. The minimum absolute atomic E-state index is 0.163. The van der Waals surface area contributed by atoms with Crippen molar-refractivity contribution in [2.24, 2.45) is 0 Å². The van der Waals surface area contributed by atoms with Crippen molar-refractivity contribution in [1.29, 1.82) is 0 Å². The van der Waals surface area contributed by atoms with Crippen LogP contribution in [0.4, 0.5) is 0 Å². The van der Waals surface area contributed by atoms with Crippen molar-refractivity contribution in [2.75, 3.05) is 7.05 Å². The van der Waals surface area contributed by atoms with Gasteiger partial charge in [0.05, 0.1) is 12.6 Å². The van der Waals surface area contributed by atoms with E-state index >= 15 is 0 Å². The van der Waals surface area contributed by atoms with Gasteiger partial charge in [-0.2, -0.15) is 4.98 Å². The van der Waals surface area contributed by atoms with Gasteiger partial charge in [-0.05, 0) is 50.7 Å². The highest BCUT2D eigenvalue weighted by atomic mass is 16.5. The maximum Gasteiger partial charge on any atom is 0.241 e. The number of pyridine rings is 1. The normalized spacial score (nSPS) is 11.2. The molecule has 0 N–H and O–H groups in total. The van der Waals surface area contributed by atoms with E-state index in [2.05, 4.69) is 32.2 Å². The molecule has 0 fully saturated rings. The summed E-state index contributed by atoms with van der Waals surface area (Å²) in [6.07, 6.45) is 1.88. The Kier molecular flexibility index (Phi) is 5.40. The lowest BCUT2D eigenvalue weighted by atomic mass is 10.2. The van der Waals surface area contributed by atoms with Crippen LogP contribution in [0.5, 0.6) is 5.75 Å². The van der Waals surface area contributed by atoms with Crippen molar-refractivity contribution in [3.05, 3.63) is 60.1 Å². The van der Waals surface area contributed by atoms with E-state index in [1.165, 1.54) is 5.56 Å². The lowest BCUT2D eigenvalue weighted by molar-refractivity contribution is 0.240. The molecule has 0 unspecified atom stereocenters. The third-order valence-electron chi connectivity index (χ3n) is 3.49. The number of benzene rings is 1. The van der Waals surface area contributed by atoms with Gasteiger partial charge in [0, 0.05) is 12.7 Å². The van der Waals surface area contributed by atoms with E-state index in [-0.39, 0.29) is 6.10 Å². The molecule has 0 aliphatic rings. The lowest BCUT2D eigenvalue weighted by Gasteiger charge is -2.15. The van der Waals surface area contributed by atoms with Crippen molar-refractivity contribution in [3.8, 4) is 17.3 Å². The van der Waals surface area contributed by atoms with Crippen molar-refractivity contribution in [1.82, 2.24) is 20.0 Å². The van der Waals surface area contributed by atoms with Gasteiger partial charge in [-0.3, -0.25) is 9.88 Å². The zero-order chi connectivity index (χ0) is 17.6. The molecule has 0 radical (unpaired) electrons. The monoisotopic (exact) mass is 338 g/mol. The fraction of sp³-hybridized carbons (Fsp3) is 0.316. The van der Waals surface area contributed by atoms with Crippen LogP contribution in [0.15, 0.2) is 53.2 Å². The maximum absolute atomic E-state index is 5.74. The van der Waals surface area contributed by atoms with E-state index in [0.29, 0.717) is 24.0 Å². The quantitative estimate of drug-likeness (QED) is 0.656. The highest BCUT2D eigenvalue weighted by Crippen LogP contribution is 2.17. The first kappa shape index (κ1) is 17.1. The van der Waals surface area contributed by atoms with E-state index in [1.54, 1.807) is 6.20 Å². The first-order valence-electron chi connectivity index (χ1n) is 8.28. The summed E-state index contributed by atoms with van der Waals surface area (Å²) >= 11 is 0. The number of ether oxygens (including phenoxy) is 1. The van der Waals surface area contributed by atoms with Crippen LogP contribution in [0.2, 0.25) is 0 Å². The molecule has 130 valence electrons. The SMILES string of the molecule is CC(C)Oc1cccc(CN(C)Cc2nc(-c3ccccn3)no2)c1. The molecule has 0 aliphatic carbocycles. The van der Waals surface area contributed by atoms with E-state index in [1.807, 2.05) is 51.2 Å². The second-order valence-corrected chi connectivity index (χ2v) is 6.21. The molecule has 0 atom stereocenters. The third kappa shape index (κ3) is 4.87. The van der Waals surface area contributed by atoms with Gasteiger partial charge in [0.2, 0.25) is 11.7 Å². The first-order chi connectivity index (χ1) is 12.1. The van der Waals surface area contributed by atoms with Crippen molar-refractivity contribution in [2.45, 2.75) is 33.0 Å². The number of nitrogens with zero attached hydrogens (tertiary/aromatic N) is 4. The molecule has 0 aliphatic heterocycles. The smallest absolute Gasteiger partial charge is 0.241 e. The Morgan fingerprint density at radius 3 is 2.76 bits per heavy atom. The molecule has 25 heavy (non-hydrogen) atoms. The highest BCUT2D eigenvalue weighted by Gasteiger charge is 2.12. The Morgan fingerprint density at radius 1 is 1.12 bits per heavy atom. The fourth-order valence-corrected chi connectivity index (χ4v) is 2.51. The average molecular weight is 338 g/mol. The molecule has 0 amide bonds. The molecule has 0 bridgehead atoms. The molecular formula is C19H22N4O2. The van der Waals surface area contributed by atoms with E-state index in [0.717, 1.165) is 12.3 Å². The van der Waals surface area contributed by atoms with E-state index < -0.39 is 0 Å². The van der Waals surface area contributed by atoms with Crippen LogP contribution in [-0.4, -0.2) is 33.2 Å². The zero-order valence-electron chi connectivity index (χ0n) is 14.7. The van der Waals surface area contributed by atoms with Gasteiger partial charge < -0.3 is 9.26 Å². The van der Waals surface area contributed by atoms with Gasteiger partial charge in [-0.15, -0.1) is 0 Å². The minimum Gasteiger partial charge on any atom is -0.491 e. The van der Waals surface area contributed by atoms with Crippen LogP contribution in [0.25, 0.3) is 11.5 Å². The number of aromatic nitrogens is 3. The number of rotatable bonds is 7. The molecule has 3 aromatic rings. The molecular weight excluding hydrogens is 316 g/mol. The first-order valence-corrected chi connectivity index (χ1v) is 8.28. The highest BCUT2D eigenvalue weighted by molar-refractivity contribution is 5.46. The Morgan fingerprint density at radius 2 is 2.00 bits per heavy atom. The standard InChI is InChI=1S/C19H22N4O2/c1-14(2)24-16-8-6-7-15(11-16)12-23(3)13-18-21-19(22-25-18)17-9-4-5-10-20-17/h4-11,14H,12-13H2,1-3H3. The summed E-state index contributed by atoms with van der Waals surface area (Å²) in [6, 6.07) is 13.7. The van der Waals surface area contributed by atoms with Gasteiger partial charge in [-0.25, -0.2) is 0 Å². The molecule has 1 aromatic carbocycles. The van der Waals surface area contributed by atoms with Gasteiger partial charge in [0.1, 0.15) is 11.4 Å². The summed E-state index contributed by atoms with van der Waals surface area (Å²) in [5, 5.41) is 4.00. The average Bonchev–Trinajstić information content (AvgIpc) is 3.03. The maximum atomic E-state index is 5.74. The number of hydrogen-bond donors (Lipinski definition) is 0. The number of hydrogen-bond acceptors (Lipinski definition) is 6. The summed E-state index contributed by atoms with van der Waals surface area (Å²) in [5.41, 5.74) is 1.88. The second kappa shape index (κ2) is 7.90. The summed E-state index contributed by atoms with van der Waals surface area (Å²) in [6.45, 7) is 5.37. The molecule has 0 saturated heterocycles. The largest absolute Gasteiger partial charge is 0.491 e. The van der Waals surface area contributed by atoms with Gasteiger partial charge in [0.15, 0.2) is 0 Å². The van der Waals surface area contributed by atoms with Crippen LogP contribution >= 0.6 is 0 Å². The molecule has 6 nitrogen and oxygen atoms in total. The van der Waals surface area contributed by atoms with E-state index in [4.69, 9.17) is 9.26 Å². The molecule has 2 heterocycles. The molecule has 0 saturated carbocycles. The van der Waals surface area contributed by atoms with Gasteiger partial charge in [-0.1, -0.05) is 23.4 Å². The third-order valence-corrected chi connectivity index (χ3v) is 3.49. The lowest BCUT2D eigenvalue weighted by Crippen LogP contribution is -2.17. The topological polar surface area (TPSA) is 64.3 Å². The molecule has 2 aromatic heterocycles. The van der Waals surface area contributed by atoms with Crippen molar-refractivity contribution < 1.29 is 9.26 Å². The van der Waals surface area contributed by atoms with Gasteiger partial charge >= 0.3 is 0 Å². The van der Waals surface area contributed by atoms with Crippen LogP contribution in [0.1, 0.15) is 25.3 Å². The van der Waals surface area contributed by atoms with Gasteiger partial charge in [0.25, 0.3) is 0 Å². The Hall–Kier alpha value is -2.73. The molecule has 0 spiro atoms. The van der Waals surface area contributed by atoms with Crippen LogP contribution < -0.4 is 4.74 Å². The van der Waals surface area contributed by atoms with Crippen molar-refractivity contribution in [3.63, 3.8) is 0 Å². The van der Waals surface area contributed by atoms with Crippen LogP contribution in [-0.2, 0) is 13.1 Å². The molecule has 6 heteroatoms. The second-order valence-electron chi connectivity index (χ2n) is 6.21. The van der Waals surface area contributed by atoms with Crippen molar-refractivity contribution >= 4 is 0 Å². The zero-order valence-corrected chi connectivity index (χ0v) is 14.7. The summed E-state index contributed by atoms with van der Waals surface area (Å²) in [7, 11) is 2.01. The Balaban J connectivity index is 1.61. The Labute approximate surface area is 147 Å². The van der Waals surface area contributed by atoms with Crippen LogP contribution in [0, 0.1) is 0 Å². The van der Waals surface area contributed by atoms with E-state index in [9.17, 15) is 0 Å². The fourth-order valence-electron chi connectivity index (χ4n) is 2.51. The Bertz CT molecular complexity index is 802. The summed E-state index contributed by atoms with van der Waals surface area (Å²) in [4.78, 5) is 10.8. The van der Waals surface area contributed by atoms with Crippen LogP contribution in [0.3, 0.4) is 0 Å².